The van der Waals surface area contributed by atoms with Crippen LogP contribution in [0.25, 0.3) is 67.6 Å². The molecule has 13 aromatic rings. The quantitative estimate of drug-likeness (QED) is 0.0803. The SMILES string of the molecule is CC(C)c1cc(-c2ccc(F)cc2)nn2cc(C(=O)N3CCN(C(=O)[C@H](O)CC(C)(C)C)[C@@H](C)C3)nc12.CC1CN(C(=O)c2cn3nc(-c4ccc(F)cc4)cc(C(F)(F)F)c3n2)CCCN1C(=O)OC(C)(C)C.CNC(=O)[C@@H]1CCN(C(=O)c2cn3nc(-c4ccc(F)cc4)cc(C(F)(F)F)c3n2)C[C@@H]1C.C[C@H]1CN(C(=O)c2cn3nc(-c4ccc(F)cc4)cc(C(F)(F)F)c3n2)CCN1C(=O)C(O)Cc1ccccc1. The lowest BCUT2D eigenvalue weighted by Crippen LogP contribution is -2.57. The molecule has 44 heteroatoms. The van der Waals surface area contributed by atoms with E-state index in [0.29, 0.717) is 56.8 Å². The topological polar surface area (TPSA) is 342 Å². The molecule has 0 saturated carbocycles. The average molecular weight is 2050 g/mol. The number of fused-ring (bicyclic) bond motifs is 4. The number of aliphatic hydroxyl groups is 2. The van der Waals surface area contributed by atoms with Gasteiger partial charge in [-0.1, -0.05) is 71.9 Å². The summed E-state index contributed by atoms with van der Waals surface area (Å²) in [5, 5.41) is 40.7. The van der Waals surface area contributed by atoms with Crippen molar-refractivity contribution in [1.29, 1.82) is 0 Å². The van der Waals surface area contributed by atoms with Gasteiger partial charge in [-0.3, -0.25) is 33.6 Å². The minimum atomic E-state index is -4.79. The number of aliphatic hydroxyl groups excluding tert-OH is 2. The normalized spacial score (nSPS) is 17.6. The largest absolute Gasteiger partial charge is 0.444 e. The summed E-state index contributed by atoms with van der Waals surface area (Å²) in [5.41, 5.74) is -1.44. The highest BCUT2D eigenvalue weighted by Crippen LogP contribution is 2.40. The fourth-order valence-electron chi connectivity index (χ4n) is 17.8. The van der Waals surface area contributed by atoms with Crippen LogP contribution in [0.3, 0.4) is 0 Å². The highest BCUT2D eigenvalue weighted by atomic mass is 19.4. The number of piperidine rings is 1. The van der Waals surface area contributed by atoms with Crippen LogP contribution in [0.15, 0.2) is 176 Å². The molecule has 2 unspecified atom stereocenters. The summed E-state index contributed by atoms with van der Waals surface area (Å²) in [6.45, 7) is 25.4. The number of nitrogens with zero attached hydrogens (tertiary/aromatic N) is 19. The van der Waals surface area contributed by atoms with Gasteiger partial charge in [0.1, 0.15) is 80.5 Å². The number of carbonyl (C=O) groups is 8. The number of hydrogen-bond donors (Lipinski definition) is 3. The maximum absolute atomic E-state index is 13.9. The maximum Gasteiger partial charge on any atom is 0.420 e. The Morgan fingerprint density at radius 1 is 0.415 bits per heavy atom. The summed E-state index contributed by atoms with van der Waals surface area (Å²) >= 11 is 0. The Morgan fingerprint density at radius 2 is 0.748 bits per heavy atom. The Morgan fingerprint density at radius 3 is 1.08 bits per heavy atom. The Kier molecular flexibility index (Phi) is 32.2. The zero-order chi connectivity index (χ0) is 107. The van der Waals surface area contributed by atoms with E-state index in [1.807, 2.05) is 84.9 Å². The number of nitrogens with one attached hydrogen (secondary N) is 1. The number of likely N-dealkylation sites (tertiary alicyclic amines) is 1. The first-order valence-electron chi connectivity index (χ1n) is 47.4. The molecule has 0 aliphatic carbocycles. The lowest BCUT2D eigenvalue weighted by atomic mass is 9.86. The summed E-state index contributed by atoms with van der Waals surface area (Å²) < 4.78 is 188. The van der Waals surface area contributed by atoms with Crippen LogP contribution in [0.2, 0.25) is 0 Å². The number of amides is 8. The standard InChI is InChI=1S/C28H25F4N5O3.C28H36FN5O3.C25H27F4N5O3.C22H21F4N5O2/c1-17-15-35(11-12-36(17)27(40)24(38)13-18-5-3-2-4-6-18)26(39)23-16-37-25(33-23)21(28(30,31)32)14-22(34-37)19-7-9-20(29)10-8-19;1-17(2)21-13-22(19-7-9-20(29)10-8-19)31-34-16-23(30-25(21)34)26(36)32-11-12-33(18(3)15-32)27(37)24(35)14-28(4,5)6;1-15-13-32(10-5-11-33(15)23(36)37-24(2,3)4)22(35)20-14-34-21(30-20)18(25(27,28)29)12-19(31-34)16-6-8-17(26)9-7-16;1-12-10-30(8-7-15(12)20(32)27-2)21(33)18-11-31-19(28-18)16(22(24,25)26)9-17(29-31)13-3-5-14(23)6-4-13/h2-10,14,16-17,24,38H,11-13,15H2,1H3;7-10,13,16-18,24,35H,11-12,14-15H2,1-6H3;6-9,12,14-15H,5,10-11,13H2,1-4H3;3-6,9,11-12,15H,7-8,10H2,1-2H3,(H,27,32)/t17-,24?;18-,24+;;12-,15+/m00.0/s1. The minimum absolute atomic E-state index is 0.0359. The summed E-state index contributed by atoms with van der Waals surface area (Å²) in [7, 11) is 1.55. The molecule has 5 aromatic carbocycles. The molecule has 778 valence electrons. The second-order valence-corrected chi connectivity index (χ2v) is 39.2. The van der Waals surface area contributed by atoms with E-state index in [0.717, 1.165) is 103 Å². The van der Waals surface area contributed by atoms with Crippen LogP contribution >= 0.6 is 0 Å². The van der Waals surface area contributed by atoms with Gasteiger partial charge in [0.05, 0.1) is 47.6 Å². The molecule has 0 bridgehead atoms. The van der Waals surface area contributed by atoms with E-state index in [9.17, 15) is 106 Å². The number of rotatable bonds is 15. The molecule has 4 aliphatic heterocycles. The third-order valence-electron chi connectivity index (χ3n) is 25.3. The summed E-state index contributed by atoms with van der Waals surface area (Å²) in [6.07, 6.45) is -10.6. The van der Waals surface area contributed by atoms with Crippen molar-refractivity contribution in [2.45, 2.75) is 169 Å². The van der Waals surface area contributed by atoms with Crippen molar-refractivity contribution in [3.05, 3.63) is 250 Å². The van der Waals surface area contributed by atoms with Gasteiger partial charge >= 0.3 is 24.6 Å². The van der Waals surface area contributed by atoms with Crippen molar-refractivity contribution in [2.24, 2.45) is 17.3 Å². The van der Waals surface area contributed by atoms with Crippen molar-refractivity contribution in [1.82, 2.24) is 98.0 Å². The number of hydrogen-bond acceptors (Lipinski definition) is 19. The van der Waals surface area contributed by atoms with E-state index in [1.54, 1.807) is 79.2 Å². The average Bonchev–Trinajstić information content (AvgIpc) is 1.62. The smallest absolute Gasteiger partial charge is 0.420 e. The first kappa shape index (κ1) is 108. The van der Waals surface area contributed by atoms with E-state index in [1.165, 1.54) is 68.1 Å². The van der Waals surface area contributed by atoms with Crippen LogP contribution in [0.1, 0.15) is 178 Å². The Balaban J connectivity index is 0.000000155. The van der Waals surface area contributed by atoms with Gasteiger partial charge < -0.3 is 54.6 Å². The number of piperazine rings is 2. The number of halogens is 13. The van der Waals surface area contributed by atoms with E-state index in [-0.39, 0.29) is 168 Å². The second-order valence-electron chi connectivity index (χ2n) is 39.2. The highest BCUT2D eigenvalue weighted by Gasteiger charge is 2.44. The molecule has 4 fully saturated rings. The van der Waals surface area contributed by atoms with Crippen molar-refractivity contribution in [3.63, 3.8) is 0 Å². The molecule has 7 atom stereocenters. The van der Waals surface area contributed by atoms with Crippen molar-refractivity contribution < 1.29 is 110 Å². The van der Waals surface area contributed by atoms with Gasteiger partial charge in [-0.05, 0) is 205 Å². The molecule has 31 nitrogen and oxygen atoms in total. The summed E-state index contributed by atoms with van der Waals surface area (Å²) in [5.74, 6) is -4.92. The van der Waals surface area contributed by atoms with Crippen LogP contribution in [0, 0.1) is 40.5 Å². The molecule has 8 amide bonds. The molecule has 12 heterocycles. The number of carbonyl (C=O) groups excluding carboxylic acids is 8. The van der Waals surface area contributed by atoms with E-state index in [2.05, 4.69) is 45.6 Å². The van der Waals surface area contributed by atoms with Crippen LogP contribution < -0.4 is 5.32 Å². The fraction of sp³-hybridized carbons (Fsp3) is 0.398. The van der Waals surface area contributed by atoms with Gasteiger partial charge in [0, 0.05) is 137 Å². The van der Waals surface area contributed by atoms with E-state index >= 15 is 0 Å². The molecule has 8 aromatic heterocycles. The van der Waals surface area contributed by atoms with Crippen molar-refractivity contribution >= 4 is 70.0 Å². The first-order chi connectivity index (χ1) is 69.1. The molecule has 3 N–H and O–H groups in total. The van der Waals surface area contributed by atoms with Gasteiger partial charge in [-0.25, -0.2) is 60.4 Å². The predicted octanol–water partition coefficient (Wildman–Crippen LogP) is 16.4. The third kappa shape index (κ3) is 25.6. The van der Waals surface area contributed by atoms with Crippen molar-refractivity contribution in [3.8, 4) is 45.0 Å². The molecule has 4 aliphatic rings. The number of alkyl halides is 9. The van der Waals surface area contributed by atoms with Crippen LogP contribution in [0.5, 0.6) is 0 Å². The van der Waals surface area contributed by atoms with Gasteiger partial charge in [0.15, 0.2) is 22.6 Å². The van der Waals surface area contributed by atoms with Gasteiger partial charge in [0.25, 0.3) is 35.4 Å². The van der Waals surface area contributed by atoms with E-state index in [4.69, 9.17) is 4.74 Å². The molecule has 17 rings (SSSR count). The third-order valence-corrected chi connectivity index (χ3v) is 25.3. The lowest BCUT2D eigenvalue weighted by Gasteiger charge is -2.40. The Labute approximate surface area is 835 Å². The molecule has 4 saturated heterocycles. The van der Waals surface area contributed by atoms with Gasteiger partial charge in [-0.2, -0.15) is 59.9 Å². The molecule has 0 radical (unpaired) electrons. The summed E-state index contributed by atoms with van der Waals surface area (Å²) in [6, 6.07) is 33.2. The van der Waals surface area contributed by atoms with Gasteiger partial charge in [-0.15, -0.1) is 0 Å². The van der Waals surface area contributed by atoms with Crippen molar-refractivity contribution in [2.75, 3.05) is 79.0 Å². The zero-order valence-corrected chi connectivity index (χ0v) is 82.4. The summed E-state index contributed by atoms with van der Waals surface area (Å²) in [4.78, 5) is 131. The van der Waals surface area contributed by atoms with Crippen LogP contribution in [0.4, 0.5) is 61.9 Å². The van der Waals surface area contributed by atoms with Gasteiger partial charge in [0.2, 0.25) is 5.91 Å². The number of aromatic nitrogens is 12. The minimum Gasteiger partial charge on any atom is -0.444 e. The Bertz CT molecular complexity index is 7010. The highest BCUT2D eigenvalue weighted by molar-refractivity contribution is 5.96. The predicted molar refractivity (Wildman–Crippen MR) is 513 cm³/mol. The molecular weight excluding hydrogens is 1940 g/mol. The lowest BCUT2D eigenvalue weighted by molar-refractivity contribution is -0.146. The molecular formula is C103H109F13N20O11. The number of ether oxygens (including phenoxy) is 1. The van der Waals surface area contributed by atoms with Crippen LogP contribution in [-0.2, 0) is 44.1 Å². The number of imidazole rings is 4. The molecule has 147 heavy (non-hydrogen) atoms. The van der Waals surface area contributed by atoms with Crippen LogP contribution in [-0.4, -0.2) is 265 Å². The Hall–Kier alpha value is -14.9. The monoisotopic (exact) mass is 2050 g/mol. The van der Waals surface area contributed by atoms with E-state index < -0.39 is 123 Å². The first-order valence-corrected chi connectivity index (χ1v) is 47.4. The molecule has 0 spiro atoms. The number of benzene rings is 5. The second kappa shape index (κ2) is 43.8. The zero-order valence-electron chi connectivity index (χ0n) is 82.4. The fourth-order valence-corrected chi connectivity index (χ4v) is 17.8. The maximum atomic E-state index is 13.9.